The lowest BCUT2D eigenvalue weighted by molar-refractivity contribution is -0.134. The lowest BCUT2D eigenvalue weighted by atomic mass is 9.94. The maximum absolute atomic E-state index is 13.0. The van der Waals surface area contributed by atoms with Crippen LogP contribution in [0.4, 0.5) is 0 Å². The van der Waals surface area contributed by atoms with Crippen LogP contribution < -0.4 is 0 Å². The van der Waals surface area contributed by atoms with Gasteiger partial charge in [-0.1, -0.05) is 37.0 Å². The van der Waals surface area contributed by atoms with Crippen LogP contribution in [0.5, 0.6) is 0 Å². The third-order valence-corrected chi connectivity index (χ3v) is 5.51. The molecule has 5 heteroatoms. The molecule has 0 spiro atoms. The maximum atomic E-state index is 13.0. The van der Waals surface area contributed by atoms with E-state index in [1.807, 2.05) is 18.2 Å². The topological polar surface area (TPSA) is 45.7 Å². The van der Waals surface area contributed by atoms with Gasteiger partial charge in [-0.05, 0) is 38.8 Å². The molecule has 1 amide bonds. The SMILES string of the molecule is CC(C)=CCN1CC(=O)N(C2CCCCC2)CC(OCc2ccccn2)C1. The van der Waals surface area contributed by atoms with E-state index in [0.717, 1.165) is 31.6 Å². The Bertz CT molecular complexity index is 622. The maximum Gasteiger partial charge on any atom is 0.237 e. The summed E-state index contributed by atoms with van der Waals surface area (Å²) in [7, 11) is 0. The van der Waals surface area contributed by atoms with E-state index in [9.17, 15) is 4.79 Å². The molecule has 0 radical (unpaired) electrons. The molecule has 1 aromatic rings. The van der Waals surface area contributed by atoms with Crippen molar-refractivity contribution in [1.82, 2.24) is 14.8 Å². The molecule has 1 atom stereocenters. The van der Waals surface area contributed by atoms with Crippen molar-refractivity contribution < 1.29 is 9.53 Å². The fraction of sp³-hybridized carbons (Fsp3) is 0.636. The van der Waals surface area contributed by atoms with Crippen molar-refractivity contribution in [2.75, 3.05) is 26.2 Å². The summed E-state index contributed by atoms with van der Waals surface area (Å²) in [6.45, 7) is 7.47. The minimum atomic E-state index is 0.0194. The van der Waals surface area contributed by atoms with Crippen LogP contribution in [-0.2, 0) is 16.1 Å². The van der Waals surface area contributed by atoms with Gasteiger partial charge in [-0.2, -0.15) is 0 Å². The van der Waals surface area contributed by atoms with Crippen LogP contribution in [0.3, 0.4) is 0 Å². The number of allylic oxidation sites excluding steroid dienone is 1. The molecule has 2 aliphatic rings. The predicted octanol–water partition coefficient (Wildman–Crippen LogP) is 3.41. The van der Waals surface area contributed by atoms with Gasteiger partial charge < -0.3 is 9.64 Å². The second-order valence-corrected chi connectivity index (χ2v) is 8.07. The van der Waals surface area contributed by atoms with E-state index in [1.54, 1.807) is 6.20 Å². The first-order valence-electron chi connectivity index (χ1n) is 10.3. The number of pyridine rings is 1. The Hall–Kier alpha value is -1.72. The van der Waals surface area contributed by atoms with Crippen molar-refractivity contribution in [3.05, 3.63) is 41.7 Å². The molecule has 1 saturated carbocycles. The minimum Gasteiger partial charge on any atom is -0.369 e. The van der Waals surface area contributed by atoms with Crippen molar-refractivity contribution in [2.45, 2.75) is 64.7 Å². The number of hydrogen-bond acceptors (Lipinski definition) is 4. The van der Waals surface area contributed by atoms with Gasteiger partial charge >= 0.3 is 0 Å². The van der Waals surface area contributed by atoms with Gasteiger partial charge in [0.15, 0.2) is 0 Å². The lowest BCUT2D eigenvalue weighted by Crippen LogP contribution is -2.45. The van der Waals surface area contributed by atoms with Gasteiger partial charge in [0.25, 0.3) is 0 Å². The van der Waals surface area contributed by atoms with Crippen molar-refractivity contribution in [1.29, 1.82) is 0 Å². The summed E-state index contributed by atoms with van der Waals surface area (Å²) in [5.41, 5.74) is 2.22. The standard InChI is InChI=1S/C22H33N3O2/c1-18(2)11-13-24-14-21(27-17-19-8-6-7-12-23-19)15-25(22(26)16-24)20-9-4-3-5-10-20/h6-8,11-12,20-21H,3-5,9-10,13-17H2,1-2H3. The molecule has 5 nitrogen and oxygen atoms in total. The summed E-state index contributed by atoms with van der Waals surface area (Å²) < 4.78 is 6.24. The fourth-order valence-corrected chi connectivity index (χ4v) is 4.00. The molecule has 0 N–H and O–H groups in total. The normalized spacial score (nSPS) is 22.5. The van der Waals surface area contributed by atoms with E-state index < -0.39 is 0 Å². The second kappa shape index (κ2) is 10.00. The van der Waals surface area contributed by atoms with Crippen LogP contribution in [0.15, 0.2) is 36.0 Å². The summed E-state index contributed by atoms with van der Waals surface area (Å²) in [6.07, 6.45) is 10.0. The molecule has 0 bridgehead atoms. The van der Waals surface area contributed by atoms with Gasteiger partial charge in [0.1, 0.15) is 0 Å². The first kappa shape index (κ1) is 20.0. The van der Waals surface area contributed by atoms with E-state index in [4.69, 9.17) is 4.74 Å². The van der Waals surface area contributed by atoms with E-state index >= 15 is 0 Å². The molecule has 3 rings (SSSR count). The zero-order valence-corrected chi connectivity index (χ0v) is 16.8. The first-order valence-corrected chi connectivity index (χ1v) is 10.3. The molecule has 148 valence electrons. The Morgan fingerprint density at radius 3 is 2.74 bits per heavy atom. The van der Waals surface area contributed by atoms with Crippen molar-refractivity contribution in [3.8, 4) is 0 Å². The number of nitrogens with zero attached hydrogens (tertiary/aromatic N) is 3. The Kier molecular flexibility index (Phi) is 7.41. The highest BCUT2D eigenvalue weighted by atomic mass is 16.5. The molecular weight excluding hydrogens is 338 g/mol. The Balaban J connectivity index is 1.69. The number of amides is 1. The zero-order chi connectivity index (χ0) is 19.1. The Labute approximate surface area is 163 Å². The van der Waals surface area contributed by atoms with Gasteiger partial charge in [-0.25, -0.2) is 0 Å². The zero-order valence-electron chi connectivity index (χ0n) is 16.8. The van der Waals surface area contributed by atoms with Gasteiger partial charge in [0, 0.05) is 31.9 Å². The molecule has 1 saturated heterocycles. The monoisotopic (exact) mass is 371 g/mol. The molecule has 27 heavy (non-hydrogen) atoms. The molecule has 2 fully saturated rings. The van der Waals surface area contributed by atoms with Crippen LogP contribution in [0.25, 0.3) is 0 Å². The number of carbonyl (C=O) groups is 1. The number of hydrogen-bond donors (Lipinski definition) is 0. The number of carbonyl (C=O) groups excluding carboxylic acids is 1. The molecule has 1 aromatic heterocycles. The number of ether oxygens (including phenoxy) is 1. The molecule has 1 aliphatic carbocycles. The Morgan fingerprint density at radius 2 is 2.04 bits per heavy atom. The number of rotatable bonds is 6. The average Bonchev–Trinajstić information content (AvgIpc) is 2.85. The molecule has 2 heterocycles. The Morgan fingerprint density at radius 1 is 1.22 bits per heavy atom. The van der Waals surface area contributed by atoms with Crippen molar-refractivity contribution in [3.63, 3.8) is 0 Å². The summed E-state index contributed by atoms with van der Waals surface area (Å²) in [4.78, 5) is 21.7. The summed E-state index contributed by atoms with van der Waals surface area (Å²) >= 11 is 0. The van der Waals surface area contributed by atoms with E-state index in [1.165, 1.54) is 24.8 Å². The predicted molar refractivity (Wildman–Crippen MR) is 107 cm³/mol. The average molecular weight is 372 g/mol. The van der Waals surface area contributed by atoms with Crippen LogP contribution in [-0.4, -0.2) is 59.0 Å². The van der Waals surface area contributed by atoms with Crippen molar-refractivity contribution >= 4 is 5.91 Å². The van der Waals surface area contributed by atoms with E-state index in [2.05, 4.69) is 34.7 Å². The second-order valence-electron chi connectivity index (χ2n) is 8.07. The summed E-state index contributed by atoms with van der Waals surface area (Å²) in [6, 6.07) is 6.27. The molecule has 1 unspecified atom stereocenters. The highest BCUT2D eigenvalue weighted by molar-refractivity contribution is 5.79. The third-order valence-electron chi connectivity index (χ3n) is 5.51. The minimum absolute atomic E-state index is 0.0194. The highest BCUT2D eigenvalue weighted by Gasteiger charge is 2.32. The van der Waals surface area contributed by atoms with Crippen LogP contribution in [0.2, 0.25) is 0 Å². The summed E-state index contributed by atoms with van der Waals surface area (Å²) in [5.74, 6) is 0.257. The molecule has 0 aromatic carbocycles. The highest BCUT2D eigenvalue weighted by Crippen LogP contribution is 2.25. The lowest BCUT2D eigenvalue weighted by Gasteiger charge is -2.35. The fourth-order valence-electron chi connectivity index (χ4n) is 4.00. The molecule has 1 aliphatic heterocycles. The van der Waals surface area contributed by atoms with Crippen LogP contribution >= 0.6 is 0 Å². The van der Waals surface area contributed by atoms with Gasteiger partial charge in [-0.15, -0.1) is 0 Å². The largest absolute Gasteiger partial charge is 0.369 e. The van der Waals surface area contributed by atoms with Gasteiger partial charge in [0.2, 0.25) is 5.91 Å². The smallest absolute Gasteiger partial charge is 0.237 e. The third kappa shape index (κ3) is 6.15. The van der Waals surface area contributed by atoms with Crippen LogP contribution in [0, 0.1) is 0 Å². The van der Waals surface area contributed by atoms with Gasteiger partial charge in [0.05, 0.1) is 24.9 Å². The molecular formula is C22H33N3O2. The van der Waals surface area contributed by atoms with E-state index in [-0.39, 0.29) is 12.0 Å². The van der Waals surface area contributed by atoms with E-state index in [0.29, 0.717) is 25.7 Å². The quantitative estimate of drug-likeness (QED) is 0.719. The van der Waals surface area contributed by atoms with Crippen molar-refractivity contribution in [2.24, 2.45) is 0 Å². The van der Waals surface area contributed by atoms with Gasteiger partial charge in [-0.3, -0.25) is 14.7 Å². The summed E-state index contributed by atoms with van der Waals surface area (Å²) in [5, 5.41) is 0. The number of aromatic nitrogens is 1. The first-order chi connectivity index (χ1) is 13.1. The van der Waals surface area contributed by atoms with Crippen LogP contribution in [0.1, 0.15) is 51.6 Å².